The van der Waals surface area contributed by atoms with E-state index in [1.54, 1.807) is 36.4 Å². The van der Waals surface area contributed by atoms with Gasteiger partial charge in [0.15, 0.2) is 5.78 Å². The number of unbranched alkanes of at least 4 members (excludes halogenated alkanes) is 1. The van der Waals surface area contributed by atoms with Gasteiger partial charge in [-0.05, 0) is 48.4 Å². The Hall–Kier alpha value is -3.66. The Kier molecular flexibility index (Phi) is 8.52. The van der Waals surface area contributed by atoms with E-state index in [0.29, 0.717) is 12.4 Å². The topological polar surface area (TPSA) is 89.5 Å². The van der Waals surface area contributed by atoms with Crippen molar-refractivity contribution >= 4 is 27.2 Å². The molecule has 3 rings (SSSR count). The zero-order valence-corrected chi connectivity index (χ0v) is 20.2. The van der Waals surface area contributed by atoms with E-state index in [9.17, 15) is 31.2 Å². The number of Topliss-reactive ketones (excluding diaryl/α,β-unsaturated/α-hetero) is 1. The Balaban J connectivity index is 1.82. The van der Waals surface area contributed by atoms with E-state index in [4.69, 9.17) is 4.74 Å². The third-order valence-corrected chi connectivity index (χ3v) is 6.72. The molecule has 0 aliphatic rings. The van der Waals surface area contributed by atoms with Crippen LogP contribution in [0.2, 0.25) is 0 Å². The molecule has 0 fully saturated rings. The number of para-hydroxylation sites is 2. The number of nitrogens with one attached hydrogen (secondary N) is 1. The lowest BCUT2D eigenvalue weighted by molar-refractivity contribution is -0.0436. The van der Waals surface area contributed by atoms with Crippen molar-refractivity contribution in [3.8, 4) is 5.75 Å². The molecule has 0 bridgehead atoms. The quantitative estimate of drug-likeness (QED) is 0.269. The smallest absolute Gasteiger partial charge is 0.493 e. The zero-order valence-electron chi connectivity index (χ0n) is 19.3. The van der Waals surface area contributed by atoms with E-state index in [0.717, 1.165) is 31.0 Å². The fraction of sp³-hybridized carbons (Fsp3) is 0.231. The Morgan fingerprint density at radius 3 is 2.28 bits per heavy atom. The fourth-order valence-corrected chi connectivity index (χ4v) is 4.20. The first-order chi connectivity index (χ1) is 17.0. The number of hydrogen-bond donors (Lipinski definition) is 1. The summed E-state index contributed by atoms with van der Waals surface area (Å²) in [6.07, 6.45) is 1.37. The molecule has 0 radical (unpaired) electrons. The largest absolute Gasteiger partial charge is 0.501 e. The summed E-state index contributed by atoms with van der Waals surface area (Å²) in [5, 5.41) is 2.70. The molecule has 0 spiro atoms. The van der Waals surface area contributed by atoms with Crippen LogP contribution in [0.4, 0.5) is 18.9 Å². The van der Waals surface area contributed by atoms with Gasteiger partial charge in [0.25, 0.3) is 15.7 Å². The molecule has 1 amide bonds. The predicted molar refractivity (Wildman–Crippen MR) is 129 cm³/mol. The van der Waals surface area contributed by atoms with Crippen molar-refractivity contribution in [1.29, 1.82) is 0 Å². The fourth-order valence-electron chi connectivity index (χ4n) is 3.37. The number of alkyl halides is 3. The van der Waals surface area contributed by atoms with Gasteiger partial charge in [0.05, 0.1) is 22.8 Å². The minimum atomic E-state index is -5.55. The Bertz CT molecular complexity index is 1350. The van der Waals surface area contributed by atoms with Gasteiger partial charge in [0.2, 0.25) is 0 Å². The molecule has 1 N–H and O–H groups in total. The number of carbonyl (C=O) groups is 2. The predicted octanol–water partition coefficient (Wildman–Crippen LogP) is 5.84. The van der Waals surface area contributed by atoms with Gasteiger partial charge in [-0.15, -0.1) is 0 Å². The van der Waals surface area contributed by atoms with Gasteiger partial charge in [0.1, 0.15) is 5.75 Å². The number of anilines is 1. The molecule has 0 saturated carbocycles. The average Bonchev–Trinajstić information content (AvgIpc) is 2.84. The van der Waals surface area contributed by atoms with E-state index in [1.807, 2.05) is 6.92 Å². The maximum Gasteiger partial charge on any atom is 0.501 e. The summed E-state index contributed by atoms with van der Waals surface area (Å²) in [7, 11) is -5.55. The maximum atomic E-state index is 13.0. The van der Waals surface area contributed by atoms with Crippen LogP contribution < -0.4 is 10.1 Å². The summed E-state index contributed by atoms with van der Waals surface area (Å²) in [6.45, 7) is 2.46. The highest BCUT2D eigenvalue weighted by molar-refractivity contribution is 7.92. The van der Waals surface area contributed by atoms with Crippen molar-refractivity contribution in [1.82, 2.24) is 0 Å². The van der Waals surface area contributed by atoms with E-state index in [2.05, 4.69) is 5.32 Å². The number of hydrogen-bond acceptors (Lipinski definition) is 5. The van der Waals surface area contributed by atoms with Crippen molar-refractivity contribution in [2.45, 2.75) is 36.6 Å². The van der Waals surface area contributed by atoms with E-state index >= 15 is 0 Å². The van der Waals surface area contributed by atoms with Crippen LogP contribution in [0.15, 0.2) is 77.7 Å². The molecule has 3 aromatic carbocycles. The number of sulfone groups is 1. The molecular weight excluding hydrogens is 495 g/mol. The number of ketones is 1. The minimum Gasteiger partial charge on any atom is -0.493 e. The van der Waals surface area contributed by atoms with Gasteiger partial charge >= 0.3 is 5.51 Å². The van der Waals surface area contributed by atoms with Crippen molar-refractivity contribution in [3.63, 3.8) is 0 Å². The van der Waals surface area contributed by atoms with Crippen LogP contribution in [0.25, 0.3) is 0 Å². The van der Waals surface area contributed by atoms with Crippen LogP contribution >= 0.6 is 0 Å². The molecule has 36 heavy (non-hydrogen) atoms. The van der Waals surface area contributed by atoms with Gasteiger partial charge in [-0.25, -0.2) is 8.42 Å². The summed E-state index contributed by atoms with van der Waals surface area (Å²) in [6, 6.07) is 17.0. The first-order valence-electron chi connectivity index (χ1n) is 11.1. The van der Waals surface area contributed by atoms with Crippen LogP contribution in [-0.2, 0) is 16.3 Å². The Labute approximate surface area is 207 Å². The lowest BCUT2D eigenvalue weighted by Crippen LogP contribution is -2.23. The molecule has 0 aliphatic carbocycles. The monoisotopic (exact) mass is 519 g/mol. The SMILES string of the molecule is CCCCOc1ccccc1C(=O)Nc1ccccc1C(=O)Cc1cccc(S(=O)(=O)C(F)(F)F)c1. The molecule has 0 heterocycles. The normalized spacial score (nSPS) is 11.7. The molecule has 0 aromatic heterocycles. The molecular formula is C26H24F3NO5S. The van der Waals surface area contributed by atoms with E-state index in [-0.39, 0.29) is 28.8 Å². The molecule has 3 aromatic rings. The van der Waals surface area contributed by atoms with Crippen molar-refractivity contribution in [3.05, 3.63) is 89.5 Å². The van der Waals surface area contributed by atoms with Crippen LogP contribution in [0.1, 0.15) is 46.0 Å². The van der Waals surface area contributed by atoms with Gasteiger partial charge < -0.3 is 10.1 Å². The Morgan fingerprint density at radius 2 is 1.58 bits per heavy atom. The van der Waals surface area contributed by atoms with Crippen LogP contribution in [0.5, 0.6) is 5.75 Å². The van der Waals surface area contributed by atoms with Gasteiger partial charge in [-0.2, -0.15) is 13.2 Å². The Morgan fingerprint density at radius 1 is 0.917 bits per heavy atom. The highest BCUT2D eigenvalue weighted by Gasteiger charge is 2.46. The number of ether oxygens (including phenoxy) is 1. The molecule has 10 heteroatoms. The lowest BCUT2D eigenvalue weighted by atomic mass is 10.0. The summed E-state index contributed by atoms with van der Waals surface area (Å²) >= 11 is 0. The molecule has 0 aliphatic heterocycles. The number of carbonyl (C=O) groups excluding carboxylic acids is 2. The number of benzene rings is 3. The second-order valence-corrected chi connectivity index (χ2v) is 9.84. The number of amides is 1. The van der Waals surface area contributed by atoms with Crippen molar-refractivity contribution in [2.75, 3.05) is 11.9 Å². The molecule has 0 unspecified atom stereocenters. The summed E-state index contributed by atoms with van der Waals surface area (Å²) < 4.78 is 67.8. The third-order valence-electron chi connectivity index (χ3n) is 5.24. The van der Waals surface area contributed by atoms with Crippen LogP contribution in [0.3, 0.4) is 0 Å². The minimum absolute atomic E-state index is 0.0844. The molecule has 190 valence electrons. The van der Waals surface area contributed by atoms with Gasteiger partial charge in [-0.3, -0.25) is 9.59 Å². The maximum absolute atomic E-state index is 13.0. The molecule has 6 nitrogen and oxygen atoms in total. The summed E-state index contributed by atoms with van der Waals surface area (Å²) in [5.41, 5.74) is -4.76. The molecule has 0 saturated heterocycles. The third kappa shape index (κ3) is 6.31. The van der Waals surface area contributed by atoms with E-state index in [1.165, 1.54) is 18.2 Å². The number of rotatable bonds is 10. The second-order valence-electron chi connectivity index (χ2n) is 7.89. The number of halogens is 3. The van der Waals surface area contributed by atoms with Gasteiger partial charge in [-0.1, -0.05) is 49.7 Å². The second kappa shape index (κ2) is 11.4. The van der Waals surface area contributed by atoms with Crippen LogP contribution in [0, 0.1) is 0 Å². The summed E-state index contributed by atoms with van der Waals surface area (Å²) in [5.74, 6) is -0.615. The summed E-state index contributed by atoms with van der Waals surface area (Å²) in [4.78, 5) is 25.0. The first kappa shape index (κ1) is 26.9. The van der Waals surface area contributed by atoms with Crippen molar-refractivity contribution < 1.29 is 35.9 Å². The highest BCUT2D eigenvalue weighted by atomic mass is 32.2. The van der Waals surface area contributed by atoms with Crippen molar-refractivity contribution in [2.24, 2.45) is 0 Å². The van der Waals surface area contributed by atoms with E-state index < -0.39 is 31.9 Å². The lowest BCUT2D eigenvalue weighted by Gasteiger charge is -2.14. The standard InChI is InChI=1S/C26H24F3NO5S/c1-2-3-15-35-24-14-7-5-12-21(24)25(32)30-22-13-6-4-11-20(22)23(31)17-18-9-8-10-19(16-18)36(33,34)26(27,28)29/h4-14,16H,2-3,15,17H2,1H3,(H,30,32). The first-order valence-corrected chi connectivity index (χ1v) is 12.6. The van der Waals surface area contributed by atoms with Gasteiger partial charge in [0, 0.05) is 12.0 Å². The van der Waals surface area contributed by atoms with Crippen LogP contribution in [-0.4, -0.2) is 32.2 Å². The molecule has 0 atom stereocenters. The highest BCUT2D eigenvalue weighted by Crippen LogP contribution is 2.31. The average molecular weight is 520 g/mol. The zero-order chi connectivity index (χ0) is 26.3.